The van der Waals surface area contributed by atoms with Gasteiger partial charge in [-0.15, -0.1) is 0 Å². The highest BCUT2D eigenvalue weighted by molar-refractivity contribution is 5.97. The summed E-state index contributed by atoms with van der Waals surface area (Å²) in [4.78, 5) is 21.8. The minimum absolute atomic E-state index is 0.0782. The fourth-order valence-corrected chi connectivity index (χ4v) is 1.01. The minimum Gasteiger partial charge on any atom is -0.477 e. The average molecular weight is 213 g/mol. The van der Waals surface area contributed by atoms with Gasteiger partial charge in [-0.1, -0.05) is 0 Å². The Morgan fingerprint density at radius 3 is 2.87 bits per heavy atom. The third-order valence-corrected chi connectivity index (χ3v) is 1.67. The Morgan fingerprint density at radius 2 is 2.33 bits per heavy atom. The first-order chi connectivity index (χ1) is 7.06. The van der Waals surface area contributed by atoms with Gasteiger partial charge in [-0.2, -0.15) is 5.10 Å². The highest BCUT2D eigenvalue weighted by Gasteiger charge is 2.17. The molecule has 0 spiro atoms. The molecule has 82 valence electrons. The van der Waals surface area contributed by atoms with Gasteiger partial charge in [0.1, 0.15) is 11.4 Å². The van der Waals surface area contributed by atoms with E-state index in [0.717, 1.165) is 6.20 Å². The average Bonchev–Trinajstić information content (AvgIpc) is 2.48. The van der Waals surface area contributed by atoms with Crippen molar-refractivity contribution < 1.29 is 19.4 Å². The number of nitrogens with one attached hydrogen (secondary N) is 1. The molecular formula is C8H11N3O4. The summed E-state index contributed by atoms with van der Waals surface area (Å²) < 4.78 is 5.87. The number of rotatable bonds is 3. The molecule has 0 aliphatic rings. The third-order valence-electron chi connectivity index (χ3n) is 1.67. The highest BCUT2D eigenvalue weighted by Crippen LogP contribution is 2.13. The molecule has 1 rings (SSSR count). The van der Waals surface area contributed by atoms with Gasteiger partial charge in [0, 0.05) is 7.05 Å². The second kappa shape index (κ2) is 4.45. The topological polar surface area (TPSA) is 93.4 Å². The fourth-order valence-electron chi connectivity index (χ4n) is 1.01. The van der Waals surface area contributed by atoms with Gasteiger partial charge in [-0.25, -0.2) is 9.59 Å². The number of nitrogens with zero attached hydrogens (tertiary/aromatic N) is 2. The number of amides is 1. The van der Waals surface area contributed by atoms with E-state index in [4.69, 9.17) is 5.11 Å². The number of carbonyl (C=O) groups is 2. The molecule has 1 heterocycles. The number of carboxylic acids is 1. The number of hydrogen-bond acceptors (Lipinski definition) is 4. The van der Waals surface area contributed by atoms with Crippen LogP contribution < -0.4 is 5.32 Å². The third kappa shape index (κ3) is 2.46. The van der Waals surface area contributed by atoms with Crippen molar-refractivity contribution in [2.45, 2.75) is 6.92 Å². The van der Waals surface area contributed by atoms with Crippen LogP contribution in [0.2, 0.25) is 0 Å². The Labute approximate surface area is 85.6 Å². The fraction of sp³-hybridized carbons (Fsp3) is 0.375. The standard InChI is InChI=1S/C8H11N3O4/c1-3-15-8(14)10-6-5(7(12)13)4-9-11(6)2/h4H,3H2,1-2H3,(H,10,14)(H,12,13). The lowest BCUT2D eigenvalue weighted by molar-refractivity contribution is 0.0698. The van der Waals surface area contributed by atoms with Gasteiger partial charge in [-0.3, -0.25) is 10.00 Å². The molecule has 0 aliphatic carbocycles. The number of aryl methyl sites for hydroxylation is 1. The molecule has 0 atom stereocenters. The Hall–Kier alpha value is -2.05. The molecule has 2 N–H and O–H groups in total. The van der Waals surface area contributed by atoms with Crippen molar-refractivity contribution in [2.24, 2.45) is 7.05 Å². The molecule has 7 heteroatoms. The number of hydrogen-bond donors (Lipinski definition) is 2. The van der Waals surface area contributed by atoms with Crippen molar-refractivity contribution in [3.63, 3.8) is 0 Å². The largest absolute Gasteiger partial charge is 0.477 e. The maximum Gasteiger partial charge on any atom is 0.412 e. The van der Waals surface area contributed by atoms with Crippen LogP contribution in [0, 0.1) is 0 Å². The van der Waals surface area contributed by atoms with Crippen LogP contribution in [0.25, 0.3) is 0 Å². The predicted octanol–water partition coefficient (Wildman–Crippen LogP) is 0.687. The molecule has 0 aromatic carbocycles. The molecule has 0 unspecified atom stereocenters. The Bertz CT molecular complexity index is 385. The zero-order chi connectivity index (χ0) is 11.4. The van der Waals surface area contributed by atoms with Gasteiger partial charge >= 0.3 is 12.1 Å². The Morgan fingerprint density at radius 1 is 1.67 bits per heavy atom. The van der Waals surface area contributed by atoms with Crippen LogP contribution in [0.4, 0.5) is 10.6 Å². The molecule has 0 saturated carbocycles. The van der Waals surface area contributed by atoms with Crippen LogP contribution in [-0.4, -0.2) is 33.6 Å². The molecule has 1 aromatic rings. The van der Waals surface area contributed by atoms with Crippen molar-refractivity contribution in [2.75, 3.05) is 11.9 Å². The monoisotopic (exact) mass is 213 g/mol. The molecular weight excluding hydrogens is 202 g/mol. The van der Waals surface area contributed by atoms with Gasteiger partial charge in [0.2, 0.25) is 0 Å². The summed E-state index contributed by atoms with van der Waals surface area (Å²) in [6.45, 7) is 1.87. The number of aromatic carboxylic acids is 1. The molecule has 0 radical (unpaired) electrons. The number of carbonyl (C=O) groups excluding carboxylic acids is 1. The van der Waals surface area contributed by atoms with E-state index in [1.165, 1.54) is 11.7 Å². The minimum atomic E-state index is -1.16. The quantitative estimate of drug-likeness (QED) is 0.770. The van der Waals surface area contributed by atoms with Crippen LogP contribution in [-0.2, 0) is 11.8 Å². The lowest BCUT2D eigenvalue weighted by Gasteiger charge is -2.05. The molecule has 0 fully saturated rings. The molecule has 0 aliphatic heterocycles. The van der Waals surface area contributed by atoms with Crippen molar-refractivity contribution in [3.05, 3.63) is 11.8 Å². The van der Waals surface area contributed by atoms with Crippen LogP contribution >= 0.6 is 0 Å². The second-order valence-corrected chi connectivity index (χ2v) is 2.68. The zero-order valence-corrected chi connectivity index (χ0v) is 8.35. The highest BCUT2D eigenvalue weighted by atomic mass is 16.5. The normalized spacial score (nSPS) is 9.73. The summed E-state index contributed by atoms with van der Waals surface area (Å²) in [5.41, 5.74) is -0.0782. The molecule has 7 nitrogen and oxygen atoms in total. The molecule has 1 aromatic heterocycles. The van der Waals surface area contributed by atoms with E-state index < -0.39 is 12.1 Å². The Kier molecular flexibility index (Phi) is 3.27. The van der Waals surface area contributed by atoms with Crippen molar-refractivity contribution in [1.29, 1.82) is 0 Å². The van der Waals surface area contributed by atoms with Crippen LogP contribution in [0.1, 0.15) is 17.3 Å². The summed E-state index contributed by atoms with van der Waals surface area (Å²) in [6.07, 6.45) is 0.452. The molecule has 1 amide bonds. The van der Waals surface area contributed by atoms with E-state index in [1.54, 1.807) is 6.92 Å². The van der Waals surface area contributed by atoms with Crippen molar-refractivity contribution in [3.8, 4) is 0 Å². The zero-order valence-electron chi connectivity index (χ0n) is 8.35. The van der Waals surface area contributed by atoms with Crippen LogP contribution in [0.15, 0.2) is 6.20 Å². The summed E-state index contributed by atoms with van der Waals surface area (Å²) >= 11 is 0. The van der Waals surface area contributed by atoms with Crippen LogP contribution in [0.5, 0.6) is 0 Å². The number of aromatic nitrogens is 2. The maximum atomic E-state index is 11.1. The predicted molar refractivity (Wildman–Crippen MR) is 50.8 cm³/mol. The van der Waals surface area contributed by atoms with E-state index in [0.29, 0.717) is 0 Å². The number of anilines is 1. The first-order valence-electron chi connectivity index (χ1n) is 4.25. The van der Waals surface area contributed by atoms with Gasteiger partial charge in [0.25, 0.3) is 0 Å². The van der Waals surface area contributed by atoms with E-state index in [1.807, 2.05) is 0 Å². The molecule has 15 heavy (non-hydrogen) atoms. The van der Waals surface area contributed by atoms with Crippen molar-refractivity contribution >= 4 is 17.9 Å². The smallest absolute Gasteiger partial charge is 0.412 e. The van der Waals surface area contributed by atoms with Crippen LogP contribution in [0.3, 0.4) is 0 Å². The summed E-state index contributed by atoms with van der Waals surface area (Å²) in [5, 5.41) is 14.8. The van der Waals surface area contributed by atoms with E-state index >= 15 is 0 Å². The van der Waals surface area contributed by atoms with Crippen molar-refractivity contribution in [1.82, 2.24) is 9.78 Å². The van der Waals surface area contributed by atoms with E-state index in [2.05, 4.69) is 15.2 Å². The van der Waals surface area contributed by atoms with Gasteiger partial charge in [-0.05, 0) is 6.92 Å². The van der Waals surface area contributed by atoms with Gasteiger partial charge < -0.3 is 9.84 Å². The SMILES string of the molecule is CCOC(=O)Nc1c(C(=O)O)cnn1C. The summed E-state index contributed by atoms with van der Waals surface area (Å²) in [6, 6.07) is 0. The first kappa shape index (κ1) is 11.0. The molecule has 0 bridgehead atoms. The summed E-state index contributed by atoms with van der Waals surface area (Å²) in [7, 11) is 1.52. The van der Waals surface area contributed by atoms with Gasteiger partial charge in [0.15, 0.2) is 0 Å². The Balaban J connectivity index is 2.88. The van der Waals surface area contributed by atoms with E-state index in [9.17, 15) is 9.59 Å². The number of ether oxygens (including phenoxy) is 1. The lowest BCUT2D eigenvalue weighted by Crippen LogP contribution is -2.17. The molecule has 0 saturated heterocycles. The second-order valence-electron chi connectivity index (χ2n) is 2.68. The van der Waals surface area contributed by atoms with E-state index in [-0.39, 0.29) is 18.0 Å². The maximum absolute atomic E-state index is 11.1. The summed E-state index contributed by atoms with van der Waals surface area (Å²) in [5.74, 6) is -1.06. The first-order valence-corrected chi connectivity index (χ1v) is 4.25. The van der Waals surface area contributed by atoms with Gasteiger partial charge in [0.05, 0.1) is 12.8 Å². The number of carboxylic acid groups (broad SMARTS) is 1. The lowest BCUT2D eigenvalue weighted by atomic mass is 10.3.